The molecule has 4 nitrogen and oxygen atoms in total. The maximum absolute atomic E-state index is 12.2. The lowest BCUT2D eigenvalue weighted by Gasteiger charge is -2.17. The average molecular weight is 282 g/mol. The molecule has 1 aromatic carbocycles. The average Bonchev–Trinajstić information content (AvgIpc) is 3.32. The SMILES string of the molecule is O=C(Nc1ccc2c3c(c(=O)[nH]c2c1)CCCC3)C1CC1. The number of nitrogens with one attached hydrogen (secondary N) is 2. The van der Waals surface area contributed by atoms with Crippen molar-refractivity contribution >= 4 is 22.5 Å². The fourth-order valence-corrected chi connectivity index (χ4v) is 3.23. The number of carbonyl (C=O) groups excluding carboxylic acids is 1. The minimum atomic E-state index is 0.0304. The van der Waals surface area contributed by atoms with Crippen molar-refractivity contribution in [2.45, 2.75) is 38.5 Å². The lowest BCUT2D eigenvalue weighted by Crippen LogP contribution is -2.19. The van der Waals surface area contributed by atoms with E-state index in [1.165, 1.54) is 5.56 Å². The molecule has 2 aliphatic carbocycles. The van der Waals surface area contributed by atoms with Crippen LogP contribution in [-0.4, -0.2) is 10.9 Å². The summed E-state index contributed by atoms with van der Waals surface area (Å²) in [6.45, 7) is 0. The third-order valence-corrected chi connectivity index (χ3v) is 4.55. The fourth-order valence-electron chi connectivity index (χ4n) is 3.23. The van der Waals surface area contributed by atoms with E-state index in [4.69, 9.17) is 0 Å². The number of amides is 1. The summed E-state index contributed by atoms with van der Waals surface area (Å²) in [7, 11) is 0. The van der Waals surface area contributed by atoms with Crippen LogP contribution < -0.4 is 10.9 Å². The predicted octanol–water partition coefficient (Wildman–Crippen LogP) is 2.76. The van der Waals surface area contributed by atoms with Gasteiger partial charge in [0, 0.05) is 22.6 Å². The first-order chi connectivity index (χ1) is 10.2. The second-order valence-corrected chi connectivity index (χ2v) is 6.14. The highest BCUT2D eigenvalue weighted by Crippen LogP contribution is 2.31. The zero-order valence-corrected chi connectivity index (χ0v) is 11.9. The number of anilines is 1. The first-order valence-electron chi connectivity index (χ1n) is 7.71. The van der Waals surface area contributed by atoms with Crippen LogP contribution in [0.4, 0.5) is 5.69 Å². The lowest BCUT2D eigenvalue weighted by atomic mass is 9.90. The molecule has 0 atom stereocenters. The van der Waals surface area contributed by atoms with Gasteiger partial charge in [-0.2, -0.15) is 0 Å². The van der Waals surface area contributed by atoms with Crippen LogP contribution in [0.5, 0.6) is 0 Å². The van der Waals surface area contributed by atoms with Gasteiger partial charge in [-0.15, -0.1) is 0 Å². The quantitative estimate of drug-likeness (QED) is 0.889. The molecule has 108 valence electrons. The Morgan fingerprint density at radius 3 is 2.67 bits per heavy atom. The predicted molar refractivity (Wildman–Crippen MR) is 82.6 cm³/mol. The molecule has 0 radical (unpaired) electrons. The minimum absolute atomic E-state index is 0.0304. The van der Waals surface area contributed by atoms with Gasteiger partial charge in [0.05, 0.1) is 5.52 Å². The molecule has 2 aliphatic rings. The van der Waals surface area contributed by atoms with Crippen LogP contribution in [0.15, 0.2) is 23.0 Å². The third-order valence-electron chi connectivity index (χ3n) is 4.55. The van der Waals surface area contributed by atoms with E-state index >= 15 is 0 Å². The fraction of sp³-hybridized carbons (Fsp3) is 0.412. The van der Waals surface area contributed by atoms with Gasteiger partial charge >= 0.3 is 0 Å². The highest BCUT2D eigenvalue weighted by Gasteiger charge is 2.29. The van der Waals surface area contributed by atoms with Gasteiger partial charge in [-0.1, -0.05) is 6.07 Å². The van der Waals surface area contributed by atoms with Gasteiger partial charge in [0.2, 0.25) is 5.91 Å². The van der Waals surface area contributed by atoms with Crippen molar-refractivity contribution < 1.29 is 4.79 Å². The number of aromatic amines is 1. The largest absolute Gasteiger partial charge is 0.326 e. The molecule has 2 N–H and O–H groups in total. The van der Waals surface area contributed by atoms with Crippen molar-refractivity contribution in [3.63, 3.8) is 0 Å². The molecule has 4 rings (SSSR count). The zero-order valence-electron chi connectivity index (χ0n) is 11.9. The van der Waals surface area contributed by atoms with E-state index in [0.29, 0.717) is 0 Å². The molecule has 0 bridgehead atoms. The molecule has 1 heterocycles. The third kappa shape index (κ3) is 2.24. The summed E-state index contributed by atoms with van der Waals surface area (Å²) in [5.41, 5.74) is 3.77. The first kappa shape index (κ1) is 12.6. The molecule has 1 amide bonds. The summed E-state index contributed by atoms with van der Waals surface area (Å²) in [6.07, 6.45) is 6.07. The summed E-state index contributed by atoms with van der Waals surface area (Å²) in [5, 5.41) is 4.05. The topological polar surface area (TPSA) is 62.0 Å². The van der Waals surface area contributed by atoms with E-state index in [9.17, 15) is 9.59 Å². The van der Waals surface area contributed by atoms with Crippen LogP contribution >= 0.6 is 0 Å². The van der Waals surface area contributed by atoms with Gasteiger partial charge in [-0.3, -0.25) is 9.59 Å². The highest BCUT2D eigenvalue weighted by atomic mass is 16.2. The van der Waals surface area contributed by atoms with E-state index < -0.39 is 0 Å². The monoisotopic (exact) mass is 282 g/mol. The Labute approximate surface area is 122 Å². The molecule has 0 saturated heterocycles. The number of benzene rings is 1. The van der Waals surface area contributed by atoms with Crippen LogP contribution in [0.1, 0.15) is 36.8 Å². The summed E-state index contributed by atoms with van der Waals surface area (Å²) < 4.78 is 0. The van der Waals surface area contributed by atoms with E-state index in [0.717, 1.165) is 60.7 Å². The smallest absolute Gasteiger partial charge is 0.251 e. The van der Waals surface area contributed by atoms with Gasteiger partial charge in [0.15, 0.2) is 0 Å². The molecule has 0 aliphatic heterocycles. The van der Waals surface area contributed by atoms with E-state index in [2.05, 4.69) is 10.3 Å². The van der Waals surface area contributed by atoms with Gasteiger partial charge < -0.3 is 10.3 Å². The van der Waals surface area contributed by atoms with Crippen molar-refractivity contribution in [3.05, 3.63) is 39.7 Å². The molecular weight excluding hydrogens is 264 g/mol. The Balaban J connectivity index is 1.77. The standard InChI is InChI=1S/C17H18N2O2/c20-16(10-5-6-10)18-11-7-8-13-12-3-1-2-4-14(12)17(21)19-15(13)9-11/h7-10H,1-6H2,(H,18,20)(H,19,21). The Hall–Kier alpha value is -2.10. The molecule has 1 aromatic heterocycles. The van der Waals surface area contributed by atoms with Crippen LogP contribution in [0, 0.1) is 5.92 Å². The molecule has 0 spiro atoms. The number of fused-ring (bicyclic) bond motifs is 3. The van der Waals surface area contributed by atoms with Gasteiger partial charge in [-0.25, -0.2) is 0 Å². The van der Waals surface area contributed by atoms with E-state index in [1.807, 2.05) is 18.2 Å². The summed E-state index contributed by atoms with van der Waals surface area (Å²) >= 11 is 0. The Morgan fingerprint density at radius 2 is 1.90 bits per heavy atom. The maximum Gasteiger partial charge on any atom is 0.251 e. The molecule has 0 unspecified atom stereocenters. The summed E-state index contributed by atoms with van der Waals surface area (Å²) in [4.78, 5) is 27.0. The van der Waals surface area contributed by atoms with Crippen LogP contribution in [0.3, 0.4) is 0 Å². The van der Waals surface area contributed by atoms with Crippen LogP contribution in [-0.2, 0) is 17.6 Å². The van der Waals surface area contributed by atoms with Crippen molar-refractivity contribution in [2.24, 2.45) is 5.92 Å². The molecule has 1 saturated carbocycles. The van der Waals surface area contributed by atoms with Gasteiger partial charge in [-0.05, 0) is 56.2 Å². The number of rotatable bonds is 2. The van der Waals surface area contributed by atoms with Gasteiger partial charge in [0.25, 0.3) is 5.56 Å². The molecule has 21 heavy (non-hydrogen) atoms. The van der Waals surface area contributed by atoms with E-state index in [-0.39, 0.29) is 17.4 Å². The number of aryl methyl sites for hydroxylation is 1. The summed E-state index contributed by atoms with van der Waals surface area (Å²) in [5.74, 6) is 0.276. The first-order valence-corrected chi connectivity index (χ1v) is 7.71. The molecule has 2 aromatic rings. The number of hydrogen-bond acceptors (Lipinski definition) is 2. The summed E-state index contributed by atoms with van der Waals surface area (Å²) in [6, 6.07) is 5.85. The van der Waals surface area contributed by atoms with Crippen molar-refractivity contribution in [1.82, 2.24) is 4.98 Å². The van der Waals surface area contributed by atoms with Crippen molar-refractivity contribution in [1.29, 1.82) is 0 Å². The van der Waals surface area contributed by atoms with Crippen molar-refractivity contribution in [2.75, 3.05) is 5.32 Å². The second kappa shape index (κ2) is 4.72. The number of pyridine rings is 1. The van der Waals surface area contributed by atoms with Crippen LogP contribution in [0.25, 0.3) is 10.9 Å². The normalized spacial score (nSPS) is 17.5. The molecule has 4 heteroatoms. The molecule has 1 fully saturated rings. The number of aromatic nitrogens is 1. The highest BCUT2D eigenvalue weighted by molar-refractivity contribution is 5.96. The van der Waals surface area contributed by atoms with E-state index in [1.54, 1.807) is 0 Å². The number of carbonyl (C=O) groups is 1. The number of H-pyrrole nitrogens is 1. The van der Waals surface area contributed by atoms with Crippen molar-refractivity contribution in [3.8, 4) is 0 Å². The number of hydrogen-bond donors (Lipinski definition) is 2. The Morgan fingerprint density at radius 1 is 1.14 bits per heavy atom. The van der Waals surface area contributed by atoms with Gasteiger partial charge in [0.1, 0.15) is 0 Å². The maximum atomic E-state index is 12.2. The van der Waals surface area contributed by atoms with Crippen LogP contribution in [0.2, 0.25) is 0 Å². The Kier molecular flexibility index (Phi) is 2.84. The minimum Gasteiger partial charge on any atom is -0.326 e. The second-order valence-electron chi connectivity index (χ2n) is 6.14. The lowest BCUT2D eigenvalue weighted by molar-refractivity contribution is -0.117. The Bertz CT molecular complexity index is 787. The molecular formula is C17H18N2O2. The zero-order chi connectivity index (χ0) is 14.4.